The molecular formula is C20H23N3Na2O7. The van der Waals surface area contributed by atoms with Crippen molar-refractivity contribution in [1.82, 2.24) is 15.1 Å². The molecule has 12 heteroatoms. The molecule has 32 heavy (non-hydrogen) atoms. The van der Waals surface area contributed by atoms with Crippen molar-refractivity contribution < 1.29 is 93.9 Å². The first-order chi connectivity index (χ1) is 14.2. The first-order valence-corrected chi connectivity index (χ1v) is 9.45. The molecule has 162 valence electrons. The third-order valence-electron chi connectivity index (χ3n) is 4.93. The second-order valence-corrected chi connectivity index (χ2v) is 7.42. The van der Waals surface area contributed by atoms with Gasteiger partial charge in [-0.15, -0.1) is 6.07 Å². The molecule has 4 N–H and O–H groups in total. The van der Waals surface area contributed by atoms with E-state index in [1.165, 1.54) is 10.8 Å². The first-order valence-electron chi connectivity index (χ1n) is 9.45. The number of rotatable bonds is 7. The van der Waals surface area contributed by atoms with Gasteiger partial charge in [-0.3, -0.25) is 9.48 Å². The Balaban J connectivity index is 0.00000256. The van der Waals surface area contributed by atoms with E-state index in [0.29, 0.717) is 5.52 Å². The summed E-state index contributed by atoms with van der Waals surface area (Å²) in [7, 11) is 0. The predicted octanol–water partition coefficient (Wildman–Crippen LogP) is -7.73. The van der Waals surface area contributed by atoms with Gasteiger partial charge >= 0.3 is 59.1 Å². The van der Waals surface area contributed by atoms with Crippen molar-refractivity contribution in [1.29, 1.82) is 0 Å². The maximum Gasteiger partial charge on any atom is 1.00 e. The number of aliphatic carboxylic acids is 1. The molecule has 10 nitrogen and oxygen atoms in total. The van der Waals surface area contributed by atoms with Gasteiger partial charge in [0.15, 0.2) is 0 Å². The van der Waals surface area contributed by atoms with Crippen LogP contribution in [0.4, 0.5) is 0 Å². The second-order valence-electron chi connectivity index (χ2n) is 7.42. The minimum atomic E-state index is -1.70. The van der Waals surface area contributed by atoms with Crippen molar-refractivity contribution in [3.63, 3.8) is 0 Å². The SMILES string of the molecule is CC(C)C(=O)N[C@H]1[C@H]([C@H](O)[C@H](O)CO)OC(C(=O)[O-])=C[C@@H]1n1cc2cc[c-]cc2n1.[Na+].[Na+]. The van der Waals surface area contributed by atoms with Gasteiger partial charge in [-0.1, -0.05) is 19.2 Å². The number of hydrogen-bond donors (Lipinski definition) is 4. The van der Waals surface area contributed by atoms with Crippen LogP contribution in [0, 0.1) is 12.0 Å². The number of nitrogens with one attached hydrogen (secondary N) is 1. The summed E-state index contributed by atoms with van der Waals surface area (Å²) in [6, 6.07) is 6.13. The van der Waals surface area contributed by atoms with Gasteiger partial charge in [0.1, 0.15) is 30.0 Å². The summed E-state index contributed by atoms with van der Waals surface area (Å²) in [5, 5.41) is 49.1. The fourth-order valence-corrected chi connectivity index (χ4v) is 3.25. The van der Waals surface area contributed by atoms with Crippen LogP contribution in [-0.2, 0) is 14.3 Å². The quantitative estimate of drug-likeness (QED) is 0.233. The first kappa shape index (κ1) is 29.1. The van der Waals surface area contributed by atoms with E-state index in [-0.39, 0.29) is 65.0 Å². The molecule has 1 aromatic carbocycles. The third kappa shape index (κ3) is 6.34. The van der Waals surface area contributed by atoms with Gasteiger partial charge in [0.2, 0.25) is 5.91 Å². The fraction of sp³-hybridized carbons (Fsp3) is 0.450. The molecule has 3 rings (SSSR count). The summed E-state index contributed by atoms with van der Waals surface area (Å²) < 4.78 is 6.81. The number of ether oxygens (including phenoxy) is 1. The van der Waals surface area contributed by atoms with Gasteiger partial charge in [-0.2, -0.15) is 18.2 Å². The standard InChI is InChI=1S/C20H24N3O7.2Na/c1-10(2)19(27)21-16-13(23-8-11-5-3-4-6-12(11)22-23)7-15(20(28)29)30-18(16)17(26)14(25)9-24;;/h3,5-8,10,13-14,16-18,24-26H,9H2,1-2H3,(H,21,27)(H,28,29);;/q-1;2*+1/p-1/t13-,14+,16+,17+,18+;;/m0../s1. The number of carboxylic acid groups (broad SMARTS) is 1. The monoisotopic (exact) mass is 463 g/mol. The number of aliphatic hydroxyl groups excluding tert-OH is 3. The van der Waals surface area contributed by atoms with Crippen LogP contribution in [0.2, 0.25) is 0 Å². The number of fused-ring (bicyclic) bond motifs is 1. The fourth-order valence-electron chi connectivity index (χ4n) is 3.25. The molecule has 0 fully saturated rings. The largest absolute Gasteiger partial charge is 1.00 e. The molecular weight excluding hydrogens is 440 g/mol. The van der Waals surface area contributed by atoms with Crippen molar-refractivity contribution in [3.8, 4) is 0 Å². The Morgan fingerprint density at radius 3 is 2.59 bits per heavy atom. The molecule has 1 aliphatic heterocycles. The van der Waals surface area contributed by atoms with E-state index in [4.69, 9.17) is 4.74 Å². The minimum absolute atomic E-state index is 0. The number of carboxylic acids is 1. The van der Waals surface area contributed by atoms with Gasteiger partial charge in [0.05, 0.1) is 18.7 Å². The van der Waals surface area contributed by atoms with Gasteiger partial charge in [0, 0.05) is 12.1 Å². The van der Waals surface area contributed by atoms with Crippen LogP contribution in [0.3, 0.4) is 0 Å². The molecule has 1 amide bonds. The van der Waals surface area contributed by atoms with Crippen molar-refractivity contribution in [3.05, 3.63) is 42.3 Å². The van der Waals surface area contributed by atoms with Crippen LogP contribution in [0.1, 0.15) is 19.9 Å². The van der Waals surface area contributed by atoms with Crippen LogP contribution >= 0.6 is 0 Å². The number of carbonyl (C=O) groups is 2. The maximum atomic E-state index is 12.4. The number of hydrogen-bond acceptors (Lipinski definition) is 8. The van der Waals surface area contributed by atoms with Gasteiger partial charge in [0.25, 0.3) is 0 Å². The van der Waals surface area contributed by atoms with Crippen LogP contribution in [0.15, 0.2) is 36.2 Å². The van der Waals surface area contributed by atoms with Crippen molar-refractivity contribution >= 4 is 22.8 Å². The number of aromatic nitrogens is 2. The van der Waals surface area contributed by atoms with E-state index in [0.717, 1.165) is 5.39 Å². The molecule has 2 aromatic rings. The Morgan fingerprint density at radius 1 is 1.34 bits per heavy atom. The molecule has 0 saturated heterocycles. The molecule has 0 bridgehead atoms. The summed E-state index contributed by atoms with van der Waals surface area (Å²) >= 11 is 0. The van der Waals surface area contributed by atoms with E-state index >= 15 is 0 Å². The minimum Gasteiger partial charge on any atom is -0.542 e. The zero-order chi connectivity index (χ0) is 22.0. The Kier molecular flexibility index (Phi) is 11.4. The summed E-state index contributed by atoms with van der Waals surface area (Å²) in [6.07, 6.45) is -1.83. The topological polar surface area (TPSA) is 157 Å². The maximum absolute atomic E-state index is 12.4. The number of aliphatic hydroxyl groups is 3. The zero-order valence-electron chi connectivity index (χ0n) is 18.4. The molecule has 0 aliphatic carbocycles. The molecule has 1 aromatic heterocycles. The van der Waals surface area contributed by atoms with E-state index in [2.05, 4.69) is 16.5 Å². The summed E-state index contributed by atoms with van der Waals surface area (Å²) in [6.45, 7) is 2.55. The van der Waals surface area contributed by atoms with E-state index in [1.807, 2.05) is 0 Å². The van der Waals surface area contributed by atoms with E-state index in [1.54, 1.807) is 38.2 Å². The van der Waals surface area contributed by atoms with E-state index < -0.39 is 54.6 Å². The van der Waals surface area contributed by atoms with Crippen molar-refractivity contribution in [2.75, 3.05) is 6.61 Å². The molecule has 0 spiro atoms. The number of amides is 1. The van der Waals surface area contributed by atoms with Gasteiger partial charge < -0.3 is 35.3 Å². The Morgan fingerprint density at radius 2 is 2.03 bits per heavy atom. The average Bonchev–Trinajstić information content (AvgIpc) is 3.16. The average molecular weight is 463 g/mol. The normalized spacial score (nSPS) is 22.1. The molecule has 0 radical (unpaired) electrons. The van der Waals surface area contributed by atoms with E-state index in [9.17, 15) is 30.0 Å². The van der Waals surface area contributed by atoms with Gasteiger partial charge in [-0.05, 0) is 11.6 Å². The van der Waals surface area contributed by atoms with Crippen LogP contribution in [-0.4, -0.2) is 67.9 Å². The number of carbonyl (C=O) groups excluding carboxylic acids is 2. The Hall–Kier alpha value is -0.950. The van der Waals surface area contributed by atoms with Gasteiger partial charge in [-0.25, -0.2) is 5.10 Å². The Labute approximate surface area is 229 Å². The van der Waals surface area contributed by atoms with Crippen LogP contribution in [0.25, 0.3) is 10.9 Å². The summed E-state index contributed by atoms with van der Waals surface area (Å²) in [5.74, 6) is -2.99. The summed E-state index contributed by atoms with van der Waals surface area (Å²) in [5.41, 5.74) is 0.591. The molecule has 0 saturated carbocycles. The van der Waals surface area contributed by atoms with Crippen LogP contribution in [0.5, 0.6) is 0 Å². The molecule has 5 atom stereocenters. The number of nitrogens with zero attached hydrogens (tertiary/aromatic N) is 2. The second kappa shape index (κ2) is 12.5. The smallest absolute Gasteiger partial charge is 0.542 e. The predicted molar refractivity (Wildman–Crippen MR) is 101 cm³/mol. The summed E-state index contributed by atoms with van der Waals surface area (Å²) in [4.78, 5) is 24.0. The van der Waals surface area contributed by atoms with Crippen LogP contribution < -0.4 is 69.5 Å². The Bertz CT molecular complexity index is 933. The number of benzene rings is 1. The van der Waals surface area contributed by atoms with Crippen molar-refractivity contribution in [2.24, 2.45) is 5.92 Å². The molecule has 0 unspecified atom stereocenters. The molecule has 2 heterocycles. The molecule has 1 aliphatic rings. The van der Waals surface area contributed by atoms with Crippen molar-refractivity contribution in [2.45, 2.75) is 44.2 Å². The zero-order valence-corrected chi connectivity index (χ0v) is 22.4. The third-order valence-corrected chi connectivity index (χ3v) is 4.93.